The molecule has 1 aliphatic rings. The summed E-state index contributed by atoms with van der Waals surface area (Å²) in [5, 5.41) is 3.27. The van der Waals surface area contributed by atoms with Crippen molar-refractivity contribution in [1.82, 2.24) is 9.99 Å². The molecule has 0 radical (unpaired) electrons. The van der Waals surface area contributed by atoms with E-state index in [0.29, 0.717) is 12.5 Å². The first-order chi connectivity index (χ1) is 7.47. The van der Waals surface area contributed by atoms with E-state index in [1.165, 1.54) is 0 Å². The Morgan fingerprint density at radius 3 is 2.25 bits per heavy atom. The topological polar surface area (TPSA) is 41.6 Å². The largest absolute Gasteiger partial charge is 0.317 e. The lowest BCUT2D eigenvalue weighted by Gasteiger charge is -2.36. The molecule has 1 unspecified atom stereocenters. The molecule has 0 spiro atoms. The van der Waals surface area contributed by atoms with Gasteiger partial charge in [-0.15, -0.1) is 0 Å². The first kappa shape index (κ1) is 14.2. The molecule has 1 fully saturated rings. The standard InChI is InChI=1S/C11H25N2O2P/c1-10(2)9-15-16(14,11(3)4)13-7-5-12-6-8-13/h10-12H,5-9H2,1-4H3. The van der Waals surface area contributed by atoms with Gasteiger partial charge in [0.1, 0.15) is 0 Å². The van der Waals surface area contributed by atoms with Crippen molar-refractivity contribution in [2.75, 3.05) is 32.8 Å². The van der Waals surface area contributed by atoms with Gasteiger partial charge in [-0.3, -0.25) is 4.57 Å². The molecular weight excluding hydrogens is 223 g/mol. The van der Waals surface area contributed by atoms with E-state index in [4.69, 9.17) is 4.52 Å². The summed E-state index contributed by atoms with van der Waals surface area (Å²) in [7, 11) is -2.63. The van der Waals surface area contributed by atoms with Crippen molar-refractivity contribution in [3.8, 4) is 0 Å². The van der Waals surface area contributed by atoms with Gasteiger partial charge < -0.3 is 9.84 Å². The van der Waals surface area contributed by atoms with Gasteiger partial charge in [0.2, 0.25) is 0 Å². The van der Waals surface area contributed by atoms with Gasteiger partial charge in [0.25, 0.3) is 7.52 Å². The number of hydrogen-bond acceptors (Lipinski definition) is 3. The number of nitrogens with one attached hydrogen (secondary N) is 1. The average molecular weight is 248 g/mol. The highest BCUT2D eigenvalue weighted by Crippen LogP contribution is 2.55. The van der Waals surface area contributed by atoms with Gasteiger partial charge in [-0.2, -0.15) is 0 Å². The fourth-order valence-corrected chi connectivity index (χ4v) is 4.13. The minimum absolute atomic E-state index is 0.0735. The first-order valence-electron chi connectivity index (χ1n) is 6.17. The van der Waals surface area contributed by atoms with Crippen molar-refractivity contribution in [1.29, 1.82) is 0 Å². The zero-order valence-corrected chi connectivity index (χ0v) is 11.8. The molecular formula is C11H25N2O2P. The Labute approximate surface area is 99.2 Å². The maximum atomic E-state index is 12.8. The van der Waals surface area contributed by atoms with E-state index in [2.05, 4.69) is 19.2 Å². The van der Waals surface area contributed by atoms with Crippen LogP contribution in [-0.2, 0) is 9.09 Å². The van der Waals surface area contributed by atoms with Crippen molar-refractivity contribution in [3.63, 3.8) is 0 Å². The van der Waals surface area contributed by atoms with Gasteiger partial charge in [-0.05, 0) is 5.92 Å². The lowest BCUT2D eigenvalue weighted by molar-refractivity contribution is 0.218. The quantitative estimate of drug-likeness (QED) is 0.757. The summed E-state index contributed by atoms with van der Waals surface area (Å²) < 4.78 is 20.6. The van der Waals surface area contributed by atoms with Crippen LogP contribution in [0.25, 0.3) is 0 Å². The summed E-state index contributed by atoms with van der Waals surface area (Å²) >= 11 is 0. The van der Waals surface area contributed by atoms with Gasteiger partial charge in [0.05, 0.1) is 6.61 Å². The normalized spacial score (nSPS) is 22.6. The second-order valence-electron chi connectivity index (χ2n) is 5.05. The minimum Gasteiger partial charge on any atom is -0.317 e. The van der Waals surface area contributed by atoms with Crippen molar-refractivity contribution >= 4 is 7.52 Å². The van der Waals surface area contributed by atoms with Gasteiger partial charge >= 0.3 is 0 Å². The van der Waals surface area contributed by atoms with Crippen LogP contribution in [0.5, 0.6) is 0 Å². The van der Waals surface area contributed by atoms with E-state index in [0.717, 1.165) is 26.2 Å². The summed E-state index contributed by atoms with van der Waals surface area (Å²) in [4.78, 5) is 0. The smallest absolute Gasteiger partial charge is 0.274 e. The zero-order valence-electron chi connectivity index (χ0n) is 10.9. The molecule has 1 atom stereocenters. The maximum absolute atomic E-state index is 12.8. The highest BCUT2D eigenvalue weighted by molar-refractivity contribution is 7.57. The summed E-state index contributed by atoms with van der Waals surface area (Å²) in [6, 6.07) is 0. The fourth-order valence-electron chi connectivity index (χ4n) is 1.74. The molecule has 1 rings (SSSR count). The van der Waals surface area contributed by atoms with E-state index < -0.39 is 7.52 Å². The van der Waals surface area contributed by atoms with Crippen LogP contribution < -0.4 is 5.32 Å². The van der Waals surface area contributed by atoms with Crippen LogP contribution >= 0.6 is 7.52 Å². The predicted octanol–water partition coefficient (Wildman–Crippen LogP) is 2.17. The molecule has 1 aliphatic heterocycles. The molecule has 1 heterocycles. The third-order valence-electron chi connectivity index (χ3n) is 2.73. The van der Waals surface area contributed by atoms with Gasteiger partial charge in [-0.1, -0.05) is 27.7 Å². The lowest BCUT2D eigenvalue weighted by atomic mass is 10.2. The van der Waals surface area contributed by atoms with Gasteiger partial charge in [0, 0.05) is 31.8 Å². The molecule has 0 aromatic rings. The Morgan fingerprint density at radius 1 is 1.25 bits per heavy atom. The Balaban J connectivity index is 2.66. The lowest BCUT2D eigenvalue weighted by Crippen LogP contribution is -2.43. The molecule has 0 aromatic carbocycles. The zero-order chi connectivity index (χ0) is 12.2. The minimum atomic E-state index is -2.63. The number of piperazine rings is 1. The Hall–Kier alpha value is 0.110. The molecule has 0 aromatic heterocycles. The van der Waals surface area contributed by atoms with E-state index in [-0.39, 0.29) is 5.66 Å². The fraction of sp³-hybridized carbons (Fsp3) is 1.00. The number of nitrogens with zero attached hydrogens (tertiary/aromatic N) is 1. The Kier molecular flexibility index (Phi) is 5.45. The van der Waals surface area contributed by atoms with Gasteiger partial charge in [0.15, 0.2) is 0 Å². The molecule has 0 aliphatic carbocycles. The predicted molar refractivity (Wildman–Crippen MR) is 68.0 cm³/mol. The average Bonchev–Trinajstić information content (AvgIpc) is 2.26. The SMILES string of the molecule is CC(C)COP(=O)(C(C)C)N1CCNCC1. The molecule has 4 nitrogen and oxygen atoms in total. The van der Waals surface area contributed by atoms with Gasteiger partial charge in [-0.25, -0.2) is 4.67 Å². The number of hydrogen-bond donors (Lipinski definition) is 1. The van der Waals surface area contributed by atoms with Crippen LogP contribution in [0.15, 0.2) is 0 Å². The van der Waals surface area contributed by atoms with Crippen molar-refractivity contribution in [3.05, 3.63) is 0 Å². The van der Waals surface area contributed by atoms with Crippen LogP contribution in [0.2, 0.25) is 0 Å². The van der Waals surface area contributed by atoms with Crippen molar-refractivity contribution in [2.45, 2.75) is 33.4 Å². The molecule has 96 valence electrons. The summed E-state index contributed by atoms with van der Waals surface area (Å²) in [5.74, 6) is 0.426. The molecule has 1 N–H and O–H groups in total. The van der Waals surface area contributed by atoms with E-state index >= 15 is 0 Å². The van der Waals surface area contributed by atoms with Crippen LogP contribution in [-0.4, -0.2) is 43.1 Å². The van der Waals surface area contributed by atoms with Crippen LogP contribution in [0.1, 0.15) is 27.7 Å². The molecule has 16 heavy (non-hydrogen) atoms. The highest BCUT2D eigenvalue weighted by Gasteiger charge is 2.36. The van der Waals surface area contributed by atoms with Crippen LogP contribution in [0.4, 0.5) is 0 Å². The molecule has 0 bridgehead atoms. The third-order valence-corrected chi connectivity index (χ3v) is 5.75. The van der Waals surface area contributed by atoms with Crippen molar-refractivity contribution < 1.29 is 9.09 Å². The third kappa shape index (κ3) is 3.56. The van der Waals surface area contributed by atoms with E-state index in [9.17, 15) is 4.57 Å². The van der Waals surface area contributed by atoms with Crippen LogP contribution in [0.3, 0.4) is 0 Å². The second kappa shape index (κ2) is 6.15. The molecule has 0 saturated carbocycles. The summed E-state index contributed by atoms with van der Waals surface area (Å²) in [6.45, 7) is 12.2. The van der Waals surface area contributed by atoms with E-state index in [1.807, 2.05) is 18.5 Å². The second-order valence-corrected chi connectivity index (χ2v) is 8.04. The summed E-state index contributed by atoms with van der Waals surface area (Å²) in [5.41, 5.74) is 0.0735. The Morgan fingerprint density at radius 2 is 1.81 bits per heavy atom. The molecule has 0 amide bonds. The first-order valence-corrected chi connectivity index (χ1v) is 7.82. The van der Waals surface area contributed by atoms with Crippen molar-refractivity contribution in [2.24, 2.45) is 5.92 Å². The number of rotatable bonds is 5. The Bertz CT molecular complexity index is 250. The monoisotopic (exact) mass is 248 g/mol. The van der Waals surface area contributed by atoms with E-state index in [1.54, 1.807) is 0 Å². The molecule has 1 saturated heterocycles. The van der Waals surface area contributed by atoms with Crippen LogP contribution in [0, 0.1) is 5.92 Å². The molecule has 5 heteroatoms. The summed E-state index contributed by atoms with van der Waals surface area (Å²) in [6.07, 6.45) is 0. The maximum Gasteiger partial charge on any atom is 0.274 e. The highest BCUT2D eigenvalue weighted by atomic mass is 31.2.